The van der Waals surface area contributed by atoms with E-state index in [4.69, 9.17) is 4.74 Å². The second-order valence-electron chi connectivity index (χ2n) is 7.10. The largest absolute Gasteiger partial charge is 0.468 e. The number of carbonyl (C=O) groups excluding carboxylic acids is 1. The summed E-state index contributed by atoms with van der Waals surface area (Å²) in [7, 11) is 1.53. The third-order valence-corrected chi connectivity index (χ3v) is 5.58. The van der Waals surface area contributed by atoms with Crippen molar-refractivity contribution < 1.29 is 9.53 Å². The first kappa shape index (κ1) is 15.8. The standard InChI is InChI=1S/C17H31NO2/c1-13-10-11-17(12-14(13)2,16(19)20-3)18-15-8-6-4-5-7-9-15/h13-15,18H,4-12H2,1-3H3. The summed E-state index contributed by atoms with van der Waals surface area (Å²) >= 11 is 0. The number of ether oxygens (including phenoxy) is 1. The van der Waals surface area contributed by atoms with Crippen LogP contribution in [0.5, 0.6) is 0 Å². The number of methoxy groups -OCH3 is 1. The van der Waals surface area contributed by atoms with Gasteiger partial charge in [-0.2, -0.15) is 0 Å². The van der Waals surface area contributed by atoms with Gasteiger partial charge < -0.3 is 4.74 Å². The molecule has 116 valence electrons. The molecule has 3 nitrogen and oxygen atoms in total. The highest BCUT2D eigenvalue weighted by atomic mass is 16.5. The fourth-order valence-electron chi connectivity index (χ4n) is 4.00. The number of hydrogen-bond acceptors (Lipinski definition) is 3. The molecule has 2 aliphatic carbocycles. The third-order valence-electron chi connectivity index (χ3n) is 5.58. The SMILES string of the molecule is COC(=O)C1(NC2CCCCCC2)CCC(C)C(C)C1. The van der Waals surface area contributed by atoms with E-state index in [0.29, 0.717) is 17.9 Å². The molecule has 0 spiro atoms. The topological polar surface area (TPSA) is 38.3 Å². The van der Waals surface area contributed by atoms with Crippen molar-refractivity contribution in [3.05, 3.63) is 0 Å². The number of nitrogens with one attached hydrogen (secondary N) is 1. The second kappa shape index (κ2) is 6.93. The van der Waals surface area contributed by atoms with E-state index in [0.717, 1.165) is 19.3 Å². The lowest BCUT2D eigenvalue weighted by molar-refractivity contribution is -0.152. The van der Waals surface area contributed by atoms with Crippen LogP contribution in [0.2, 0.25) is 0 Å². The molecule has 3 atom stereocenters. The third kappa shape index (κ3) is 3.55. The Bertz CT molecular complexity index is 323. The van der Waals surface area contributed by atoms with E-state index < -0.39 is 5.54 Å². The van der Waals surface area contributed by atoms with Crippen LogP contribution in [-0.4, -0.2) is 24.7 Å². The number of hydrogen-bond donors (Lipinski definition) is 1. The van der Waals surface area contributed by atoms with Gasteiger partial charge in [0.1, 0.15) is 5.54 Å². The Morgan fingerprint density at radius 2 is 1.70 bits per heavy atom. The van der Waals surface area contributed by atoms with Crippen molar-refractivity contribution in [2.24, 2.45) is 11.8 Å². The molecule has 1 N–H and O–H groups in total. The molecule has 0 bridgehead atoms. The smallest absolute Gasteiger partial charge is 0.326 e. The molecule has 2 aliphatic rings. The highest BCUT2D eigenvalue weighted by molar-refractivity contribution is 5.81. The molecule has 0 radical (unpaired) electrons. The summed E-state index contributed by atoms with van der Waals surface area (Å²) in [6, 6.07) is 0.497. The van der Waals surface area contributed by atoms with Crippen molar-refractivity contribution in [2.75, 3.05) is 7.11 Å². The van der Waals surface area contributed by atoms with Gasteiger partial charge in [-0.25, -0.2) is 0 Å². The zero-order valence-corrected chi connectivity index (χ0v) is 13.4. The Balaban J connectivity index is 2.08. The first-order valence-electron chi connectivity index (χ1n) is 8.43. The van der Waals surface area contributed by atoms with Gasteiger partial charge in [-0.05, 0) is 43.9 Å². The minimum atomic E-state index is -0.421. The zero-order chi connectivity index (χ0) is 14.6. The van der Waals surface area contributed by atoms with E-state index in [2.05, 4.69) is 19.2 Å². The van der Waals surface area contributed by atoms with Crippen molar-refractivity contribution in [2.45, 2.75) is 83.2 Å². The Morgan fingerprint density at radius 3 is 2.25 bits per heavy atom. The predicted octanol–water partition coefficient (Wildman–Crippen LogP) is 3.67. The molecule has 0 aliphatic heterocycles. The van der Waals surface area contributed by atoms with Crippen LogP contribution in [0.4, 0.5) is 0 Å². The highest BCUT2D eigenvalue weighted by Gasteiger charge is 2.45. The fourth-order valence-corrected chi connectivity index (χ4v) is 4.00. The Morgan fingerprint density at radius 1 is 1.05 bits per heavy atom. The van der Waals surface area contributed by atoms with Crippen molar-refractivity contribution in [1.29, 1.82) is 0 Å². The summed E-state index contributed by atoms with van der Waals surface area (Å²) in [6.45, 7) is 4.58. The van der Waals surface area contributed by atoms with Crippen molar-refractivity contribution in [3.8, 4) is 0 Å². The zero-order valence-electron chi connectivity index (χ0n) is 13.4. The van der Waals surface area contributed by atoms with E-state index in [1.54, 1.807) is 0 Å². The first-order chi connectivity index (χ1) is 9.57. The molecular weight excluding hydrogens is 250 g/mol. The van der Waals surface area contributed by atoms with Crippen LogP contribution in [0, 0.1) is 11.8 Å². The first-order valence-corrected chi connectivity index (χ1v) is 8.43. The van der Waals surface area contributed by atoms with Crippen LogP contribution in [0.25, 0.3) is 0 Å². The number of carbonyl (C=O) groups is 1. The molecule has 0 heterocycles. The monoisotopic (exact) mass is 281 g/mol. The summed E-state index contributed by atoms with van der Waals surface area (Å²) < 4.78 is 5.15. The van der Waals surface area contributed by atoms with Crippen LogP contribution in [-0.2, 0) is 9.53 Å². The predicted molar refractivity (Wildman–Crippen MR) is 81.6 cm³/mol. The molecule has 2 fully saturated rings. The molecular formula is C17H31NO2. The average Bonchev–Trinajstić information content (AvgIpc) is 2.70. The van der Waals surface area contributed by atoms with Crippen molar-refractivity contribution in [3.63, 3.8) is 0 Å². The van der Waals surface area contributed by atoms with Gasteiger partial charge in [-0.1, -0.05) is 39.5 Å². The highest BCUT2D eigenvalue weighted by Crippen LogP contribution is 2.38. The normalized spacial score (nSPS) is 36.4. The van der Waals surface area contributed by atoms with Crippen LogP contribution < -0.4 is 5.32 Å². The molecule has 0 amide bonds. The minimum Gasteiger partial charge on any atom is -0.468 e. The van der Waals surface area contributed by atoms with Crippen LogP contribution >= 0.6 is 0 Å². The van der Waals surface area contributed by atoms with Gasteiger partial charge in [-0.3, -0.25) is 10.1 Å². The van der Waals surface area contributed by atoms with E-state index in [1.807, 2.05) is 0 Å². The second-order valence-corrected chi connectivity index (χ2v) is 7.10. The fraction of sp³-hybridized carbons (Fsp3) is 0.941. The Hall–Kier alpha value is -0.570. The van der Waals surface area contributed by atoms with Crippen LogP contribution in [0.3, 0.4) is 0 Å². The van der Waals surface area contributed by atoms with Gasteiger partial charge in [0.25, 0.3) is 0 Å². The maximum absolute atomic E-state index is 12.4. The molecule has 20 heavy (non-hydrogen) atoms. The Labute approximate surface area is 123 Å². The molecule has 3 heteroatoms. The number of rotatable bonds is 3. The molecule has 0 aromatic rings. The Kier molecular flexibility index (Phi) is 5.48. The van der Waals surface area contributed by atoms with Crippen molar-refractivity contribution in [1.82, 2.24) is 5.32 Å². The lowest BCUT2D eigenvalue weighted by atomic mass is 9.70. The summed E-state index contributed by atoms with van der Waals surface area (Å²) in [6.07, 6.45) is 10.7. The van der Waals surface area contributed by atoms with E-state index >= 15 is 0 Å². The van der Waals surface area contributed by atoms with Crippen LogP contribution in [0.15, 0.2) is 0 Å². The molecule has 0 saturated heterocycles. The van der Waals surface area contributed by atoms with Gasteiger partial charge in [0.2, 0.25) is 0 Å². The van der Waals surface area contributed by atoms with E-state index in [1.165, 1.54) is 45.6 Å². The maximum Gasteiger partial charge on any atom is 0.326 e. The van der Waals surface area contributed by atoms with Gasteiger partial charge in [0.05, 0.1) is 7.11 Å². The maximum atomic E-state index is 12.4. The summed E-state index contributed by atoms with van der Waals surface area (Å²) in [4.78, 5) is 12.4. The summed E-state index contributed by atoms with van der Waals surface area (Å²) in [5.74, 6) is 1.25. The van der Waals surface area contributed by atoms with Gasteiger partial charge in [0.15, 0.2) is 0 Å². The van der Waals surface area contributed by atoms with E-state index in [9.17, 15) is 4.79 Å². The molecule has 3 unspecified atom stereocenters. The van der Waals surface area contributed by atoms with Crippen molar-refractivity contribution >= 4 is 5.97 Å². The quantitative estimate of drug-likeness (QED) is 0.633. The summed E-state index contributed by atoms with van der Waals surface area (Å²) in [5.41, 5.74) is -0.421. The lowest BCUT2D eigenvalue weighted by Crippen LogP contribution is -2.59. The van der Waals surface area contributed by atoms with Crippen LogP contribution in [0.1, 0.15) is 71.6 Å². The summed E-state index contributed by atoms with van der Waals surface area (Å²) in [5, 5.41) is 3.74. The number of esters is 1. The van der Waals surface area contributed by atoms with Gasteiger partial charge in [0, 0.05) is 6.04 Å². The lowest BCUT2D eigenvalue weighted by Gasteiger charge is -2.43. The molecule has 0 aromatic heterocycles. The minimum absolute atomic E-state index is 0.0412. The molecule has 2 saturated carbocycles. The van der Waals surface area contributed by atoms with Gasteiger partial charge in [-0.15, -0.1) is 0 Å². The van der Waals surface area contributed by atoms with Gasteiger partial charge >= 0.3 is 5.97 Å². The average molecular weight is 281 g/mol. The molecule has 0 aromatic carbocycles. The van der Waals surface area contributed by atoms with E-state index in [-0.39, 0.29) is 5.97 Å². The molecule has 2 rings (SSSR count).